The Kier molecular flexibility index (Phi) is 19.4. The molecule has 58 heavy (non-hydrogen) atoms. The van der Waals surface area contributed by atoms with Crippen LogP contribution in [0.2, 0.25) is 0 Å². The Morgan fingerprint density at radius 3 is 2.29 bits per heavy atom. The van der Waals surface area contributed by atoms with Gasteiger partial charge in [-0.2, -0.15) is 0 Å². The molecule has 3 N–H and O–H groups in total. The summed E-state index contributed by atoms with van der Waals surface area (Å²) in [5.74, 6) is -2.82. The van der Waals surface area contributed by atoms with E-state index in [1.54, 1.807) is 71.0 Å². The number of ether oxygens (including phenoxy) is 8. The monoisotopic (exact) mass is 827 g/mol. The fourth-order valence-corrected chi connectivity index (χ4v) is 8.08. The summed E-state index contributed by atoms with van der Waals surface area (Å²) in [6.45, 7) is 13.5. The highest BCUT2D eigenvalue weighted by Crippen LogP contribution is 2.38. The Hall–Kier alpha value is -2.80. The second-order valence-corrected chi connectivity index (χ2v) is 17.0. The van der Waals surface area contributed by atoms with E-state index in [2.05, 4.69) is 0 Å². The summed E-state index contributed by atoms with van der Waals surface area (Å²) in [5.41, 5.74) is -1.50. The van der Waals surface area contributed by atoms with Crippen molar-refractivity contribution in [2.24, 2.45) is 17.8 Å². The van der Waals surface area contributed by atoms with Crippen LogP contribution in [-0.2, 0) is 57.1 Å². The second-order valence-electron chi connectivity index (χ2n) is 17.0. The van der Waals surface area contributed by atoms with E-state index in [1.807, 2.05) is 20.8 Å². The molecule has 16 heteroatoms. The first-order valence-electron chi connectivity index (χ1n) is 20.4. The third-order valence-electron chi connectivity index (χ3n) is 10.9. The zero-order valence-electron chi connectivity index (χ0n) is 36.1. The van der Waals surface area contributed by atoms with E-state index >= 15 is 0 Å². The van der Waals surface area contributed by atoms with Gasteiger partial charge in [0.15, 0.2) is 18.7 Å². The van der Waals surface area contributed by atoms with Crippen molar-refractivity contribution in [1.82, 2.24) is 4.90 Å². The minimum absolute atomic E-state index is 0.0460. The lowest BCUT2D eigenvalue weighted by molar-refractivity contribution is -0.344. The van der Waals surface area contributed by atoms with Gasteiger partial charge in [0.2, 0.25) is 0 Å². The maximum atomic E-state index is 13.2. The summed E-state index contributed by atoms with van der Waals surface area (Å²) in [5, 5.41) is 34.6. The Balaban J connectivity index is 1.98. The molecular formula is C42H69NO15. The maximum Gasteiger partial charge on any atom is 0.309 e. The molecule has 0 aromatic heterocycles. The zero-order valence-corrected chi connectivity index (χ0v) is 36.1. The number of rotatable bonds is 12. The Bertz CT molecular complexity index is 1390. The smallest absolute Gasteiger partial charge is 0.309 e. The van der Waals surface area contributed by atoms with E-state index in [9.17, 15) is 34.5 Å². The molecule has 0 aromatic rings. The number of allylic oxidation sites excluding steroid dienone is 2. The molecule has 3 aliphatic rings. The molecule has 0 aliphatic carbocycles. The number of methoxy groups -OCH3 is 1. The molecule has 2 fully saturated rings. The topological polar surface area (TPSA) is 206 Å². The summed E-state index contributed by atoms with van der Waals surface area (Å²) in [6.07, 6.45) is -4.11. The molecule has 0 spiro atoms. The Labute approximate surface area is 343 Å². The first kappa shape index (κ1) is 49.6. The van der Waals surface area contributed by atoms with Crippen molar-refractivity contribution < 1.29 is 72.4 Å². The minimum atomic E-state index is -1.50. The Morgan fingerprint density at radius 2 is 1.71 bits per heavy atom. The number of carbonyl (C=O) groups is 4. The van der Waals surface area contributed by atoms with Crippen molar-refractivity contribution in [3.8, 4) is 0 Å². The van der Waals surface area contributed by atoms with Gasteiger partial charge in [-0.25, -0.2) is 0 Å². The van der Waals surface area contributed by atoms with Crippen LogP contribution >= 0.6 is 0 Å². The van der Waals surface area contributed by atoms with Crippen molar-refractivity contribution >= 4 is 24.2 Å². The second kappa shape index (κ2) is 22.7. The number of cyclic esters (lactones) is 1. The molecule has 332 valence electrons. The van der Waals surface area contributed by atoms with Crippen LogP contribution < -0.4 is 0 Å². The third kappa shape index (κ3) is 14.2. The van der Waals surface area contributed by atoms with Gasteiger partial charge in [0.1, 0.15) is 42.4 Å². The van der Waals surface area contributed by atoms with Crippen LogP contribution in [0.1, 0.15) is 93.9 Å². The van der Waals surface area contributed by atoms with Gasteiger partial charge in [0, 0.05) is 39.7 Å². The van der Waals surface area contributed by atoms with Crippen molar-refractivity contribution in [3.63, 3.8) is 0 Å². The van der Waals surface area contributed by atoms with Crippen molar-refractivity contribution in [2.45, 2.75) is 179 Å². The van der Waals surface area contributed by atoms with Gasteiger partial charge in [0.25, 0.3) is 0 Å². The number of aldehydes is 1. The summed E-state index contributed by atoms with van der Waals surface area (Å²) in [6, 6.07) is -0.782. The van der Waals surface area contributed by atoms with Gasteiger partial charge >= 0.3 is 17.9 Å². The van der Waals surface area contributed by atoms with Crippen LogP contribution in [0, 0.1) is 17.8 Å². The van der Waals surface area contributed by atoms with Crippen LogP contribution in [0.4, 0.5) is 0 Å². The lowest BCUT2D eigenvalue weighted by atomic mass is 9.82. The summed E-state index contributed by atoms with van der Waals surface area (Å²) in [4.78, 5) is 52.3. The lowest BCUT2D eigenvalue weighted by Gasteiger charge is -2.50. The molecule has 0 aromatic carbocycles. The van der Waals surface area contributed by atoms with Gasteiger partial charge in [-0.3, -0.25) is 14.4 Å². The van der Waals surface area contributed by atoms with Crippen LogP contribution in [0.15, 0.2) is 24.3 Å². The van der Waals surface area contributed by atoms with E-state index in [0.717, 1.165) is 0 Å². The molecule has 0 radical (unpaired) electrons. The average molecular weight is 828 g/mol. The summed E-state index contributed by atoms with van der Waals surface area (Å²) >= 11 is 0. The van der Waals surface area contributed by atoms with Gasteiger partial charge in [-0.05, 0) is 66.0 Å². The van der Waals surface area contributed by atoms with Gasteiger partial charge in [-0.15, -0.1) is 0 Å². The SMILES string of the molecule is COC1[C@@H](O[C@@H]2O[C@H](C)[C@@H](O[C@H]3C[C@@](C)(O)[C@@H](OC(=O)CC(C)C)[C@H](C)O3)[C@H](N(C)C)[C@H]2O)[C@@H](CC=O)C[C@@H](C)[C@@H](O)C=CC=CC[C@@H](C)OC(=O)C[C@H]1OC(C)=O. The molecule has 0 amide bonds. The van der Waals surface area contributed by atoms with E-state index in [1.165, 1.54) is 14.0 Å². The molecule has 3 heterocycles. The highest BCUT2D eigenvalue weighted by Gasteiger charge is 2.53. The highest BCUT2D eigenvalue weighted by molar-refractivity contribution is 5.72. The zero-order chi connectivity index (χ0) is 43.5. The van der Waals surface area contributed by atoms with E-state index in [-0.39, 0.29) is 31.6 Å². The molecular weight excluding hydrogens is 758 g/mol. The third-order valence-corrected chi connectivity index (χ3v) is 10.9. The number of nitrogens with zero attached hydrogens (tertiary/aromatic N) is 1. The minimum Gasteiger partial charge on any atom is -0.462 e. The van der Waals surface area contributed by atoms with Crippen LogP contribution in [0.3, 0.4) is 0 Å². The van der Waals surface area contributed by atoms with E-state index < -0.39 is 121 Å². The summed E-state index contributed by atoms with van der Waals surface area (Å²) < 4.78 is 48.6. The molecule has 16 atom stereocenters. The van der Waals surface area contributed by atoms with Gasteiger partial charge in [-0.1, -0.05) is 45.1 Å². The van der Waals surface area contributed by atoms with Gasteiger partial charge < -0.3 is 62.9 Å². The highest BCUT2D eigenvalue weighted by atomic mass is 16.7. The number of aliphatic hydroxyl groups is 3. The van der Waals surface area contributed by atoms with Crippen molar-refractivity contribution in [2.75, 3.05) is 21.2 Å². The number of hydrogen-bond acceptors (Lipinski definition) is 16. The van der Waals surface area contributed by atoms with E-state index in [4.69, 9.17) is 37.9 Å². The molecule has 0 bridgehead atoms. The van der Waals surface area contributed by atoms with Crippen molar-refractivity contribution in [3.05, 3.63) is 24.3 Å². The fourth-order valence-electron chi connectivity index (χ4n) is 8.08. The standard InChI is InChI=1S/C42H69NO15/c1-23(2)19-32(47)56-40-27(6)53-34(22-42(40,8)50)57-37-26(5)54-41(36(49)35(37)43(9)10)58-38-29(17-18-44)20-24(3)30(46)16-14-12-13-15-25(4)52-33(48)21-31(39(38)51-11)55-28(7)45/h12-14,16,18,23-27,29-31,34-41,46,49-50H,15,17,19-22H2,1-11H3/t24-,25-,26-,27+,29+,30+,31-,34+,35-,36-,37-,38+,39?,40+,41+,42-/m1/s1. The van der Waals surface area contributed by atoms with Crippen LogP contribution in [0.25, 0.3) is 0 Å². The molecule has 3 aliphatic heterocycles. The first-order chi connectivity index (χ1) is 27.2. The number of carbonyl (C=O) groups excluding carboxylic acids is 4. The van der Waals surface area contributed by atoms with E-state index in [0.29, 0.717) is 12.7 Å². The molecule has 0 saturated carbocycles. The number of aliphatic hydroxyl groups excluding tert-OH is 2. The van der Waals surface area contributed by atoms with Crippen LogP contribution in [-0.4, -0.2) is 151 Å². The molecule has 3 rings (SSSR count). The van der Waals surface area contributed by atoms with Crippen molar-refractivity contribution in [1.29, 1.82) is 0 Å². The summed E-state index contributed by atoms with van der Waals surface area (Å²) in [7, 11) is 4.86. The van der Waals surface area contributed by atoms with Crippen LogP contribution in [0.5, 0.6) is 0 Å². The first-order valence-corrected chi connectivity index (χ1v) is 20.4. The number of hydrogen-bond donors (Lipinski definition) is 3. The quantitative estimate of drug-likeness (QED) is 0.147. The lowest BCUT2D eigenvalue weighted by Crippen LogP contribution is -2.66. The van der Waals surface area contributed by atoms with Gasteiger partial charge in [0.05, 0.1) is 36.9 Å². The number of likely N-dealkylation sites (N-methyl/N-ethyl adjacent to an activating group) is 1. The predicted molar refractivity (Wildman–Crippen MR) is 210 cm³/mol. The maximum absolute atomic E-state index is 13.2. The fraction of sp³-hybridized carbons (Fsp3) is 0.810. The molecule has 16 nitrogen and oxygen atoms in total. The molecule has 2 saturated heterocycles. The predicted octanol–water partition coefficient (Wildman–Crippen LogP) is 3.01. The number of esters is 3. The normalized spacial score (nSPS) is 39.6. The average Bonchev–Trinajstić information content (AvgIpc) is 3.09. The largest absolute Gasteiger partial charge is 0.462 e. The Morgan fingerprint density at radius 1 is 1.02 bits per heavy atom. The molecule has 1 unspecified atom stereocenters.